The molecule has 1 aromatic rings. The van der Waals surface area contributed by atoms with Crippen LogP contribution < -0.4 is 0 Å². The standard InChI is InChI=1S/C13H15F2N3O/c14-11-10(3-4-16-12(11)15)13(19)18-7-6-17-5-1-2-9(17)8-18/h3-4,9H,1-2,5-8H2. The van der Waals surface area contributed by atoms with Gasteiger partial charge in [0.1, 0.15) is 0 Å². The van der Waals surface area contributed by atoms with Crippen LogP contribution in [0.2, 0.25) is 0 Å². The van der Waals surface area contributed by atoms with Crippen molar-refractivity contribution in [2.24, 2.45) is 0 Å². The minimum atomic E-state index is -1.22. The summed E-state index contributed by atoms with van der Waals surface area (Å²) in [7, 11) is 0. The molecule has 0 spiro atoms. The van der Waals surface area contributed by atoms with E-state index in [4.69, 9.17) is 0 Å². The molecule has 0 N–H and O–H groups in total. The van der Waals surface area contributed by atoms with E-state index in [2.05, 4.69) is 9.88 Å². The van der Waals surface area contributed by atoms with E-state index in [1.807, 2.05) is 0 Å². The molecular formula is C13H15F2N3O. The first-order valence-electron chi connectivity index (χ1n) is 6.50. The van der Waals surface area contributed by atoms with Crippen LogP contribution in [0.3, 0.4) is 0 Å². The molecule has 2 aliphatic heterocycles. The highest BCUT2D eigenvalue weighted by molar-refractivity contribution is 5.94. The predicted octanol–water partition coefficient (Wildman–Crippen LogP) is 1.28. The molecule has 0 aromatic carbocycles. The van der Waals surface area contributed by atoms with E-state index in [0.717, 1.165) is 32.1 Å². The Kier molecular flexibility index (Phi) is 3.18. The van der Waals surface area contributed by atoms with Gasteiger partial charge < -0.3 is 4.90 Å². The zero-order valence-electron chi connectivity index (χ0n) is 10.5. The SMILES string of the molecule is O=C(c1ccnc(F)c1F)N1CCN2CCCC2C1. The number of rotatable bonds is 1. The molecule has 19 heavy (non-hydrogen) atoms. The Morgan fingerprint density at radius 3 is 3.00 bits per heavy atom. The number of carbonyl (C=O) groups is 1. The molecule has 3 heterocycles. The molecule has 0 radical (unpaired) electrons. The number of nitrogens with zero attached hydrogens (tertiary/aromatic N) is 3. The maximum atomic E-state index is 13.6. The molecule has 1 atom stereocenters. The maximum absolute atomic E-state index is 13.6. The van der Waals surface area contributed by atoms with Crippen molar-refractivity contribution in [2.45, 2.75) is 18.9 Å². The molecule has 0 aliphatic carbocycles. The number of piperazine rings is 1. The minimum absolute atomic E-state index is 0.223. The summed E-state index contributed by atoms with van der Waals surface area (Å²) < 4.78 is 26.6. The molecule has 0 bridgehead atoms. The first-order chi connectivity index (χ1) is 9.16. The lowest BCUT2D eigenvalue weighted by Crippen LogP contribution is -2.52. The lowest BCUT2D eigenvalue weighted by molar-refractivity contribution is 0.0565. The summed E-state index contributed by atoms with van der Waals surface area (Å²) in [5.41, 5.74) is -0.223. The summed E-state index contributed by atoms with van der Waals surface area (Å²) >= 11 is 0. The van der Waals surface area contributed by atoms with Gasteiger partial charge in [0.25, 0.3) is 5.91 Å². The Morgan fingerprint density at radius 1 is 1.32 bits per heavy atom. The summed E-state index contributed by atoms with van der Waals surface area (Å²) in [6.45, 7) is 3.05. The topological polar surface area (TPSA) is 36.4 Å². The average molecular weight is 267 g/mol. The monoisotopic (exact) mass is 267 g/mol. The van der Waals surface area contributed by atoms with E-state index >= 15 is 0 Å². The van der Waals surface area contributed by atoms with Gasteiger partial charge in [-0.1, -0.05) is 0 Å². The fraction of sp³-hybridized carbons (Fsp3) is 0.538. The third-order valence-electron chi connectivity index (χ3n) is 3.95. The predicted molar refractivity (Wildman–Crippen MR) is 64.7 cm³/mol. The second-order valence-corrected chi connectivity index (χ2v) is 5.05. The second-order valence-electron chi connectivity index (χ2n) is 5.05. The van der Waals surface area contributed by atoms with Crippen molar-refractivity contribution < 1.29 is 13.6 Å². The summed E-state index contributed by atoms with van der Waals surface area (Å²) in [6.07, 6.45) is 3.33. The largest absolute Gasteiger partial charge is 0.336 e. The number of aromatic nitrogens is 1. The molecule has 4 nitrogen and oxygen atoms in total. The van der Waals surface area contributed by atoms with E-state index in [-0.39, 0.29) is 5.56 Å². The van der Waals surface area contributed by atoms with Crippen LogP contribution in [0.4, 0.5) is 8.78 Å². The third kappa shape index (κ3) is 2.20. The van der Waals surface area contributed by atoms with Gasteiger partial charge in [0, 0.05) is 31.9 Å². The summed E-state index contributed by atoms with van der Waals surface area (Å²) in [5.74, 6) is -2.81. The van der Waals surface area contributed by atoms with Crippen molar-refractivity contribution >= 4 is 5.91 Å². The quantitative estimate of drug-likeness (QED) is 0.719. The molecular weight excluding hydrogens is 252 g/mol. The first kappa shape index (κ1) is 12.5. The van der Waals surface area contributed by atoms with E-state index in [1.165, 1.54) is 6.07 Å². The number of fused-ring (bicyclic) bond motifs is 1. The molecule has 2 fully saturated rings. The lowest BCUT2D eigenvalue weighted by Gasteiger charge is -2.37. The highest BCUT2D eigenvalue weighted by Crippen LogP contribution is 2.23. The van der Waals surface area contributed by atoms with Gasteiger partial charge in [0.15, 0.2) is 5.82 Å². The molecule has 102 valence electrons. The molecule has 1 aromatic heterocycles. The number of halogens is 2. The van der Waals surface area contributed by atoms with Crippen LogP contribution in [-0.2, 0) is 0 Å². The smallest absolute Gasteiger partial charge is 0.257 e. The molecule has 1 amide bonds. The normalized spacial score (nSPS) is 23.5. The zero-order valence-corrected chi connectivity index (χ0v) is 10.5. The summed E-state index contributed by atoms with van der Waals surface area (Å²) in [5, 5.41) is 0. The first-order valence-corrected chi connectivity index (χ1v) is 6.50. The average Bonchev–Trinajstić information content (AvgIpc) is 2.88. The van der Waals surface area contributed by atoms with Crippen LogP contribution in [0.25, 0.3) is 0 Å². The molecule has 1 unspecified atom stereocenters. The fourth-order valence-corrected chi connectivity index (χ4v) is 2.93. The van der Waals surface area contributed by atoms with Crippen molar-refractivity contribution in [1.29, 1.82) is 0 Å². The Labute approximate surface area is 110 Å². The second kappa shape index (κ2) is 4.85. The summed E-state index contributed by atoms with van der Waals surface area (Å²) in [4.78, 5) is 19.4. The van der Waals surface area contributed by atoms with Gasteiger partial charge in [0.2, 0.25) is 5.95 Å². The van der Waals surface area contributed by atoms with E-state index in [0.29, 0.717) is 19.1 Å². The Morgan fingerprint density at radius 2 is 2.16 bits per heavy atom. The van der Waals surface area contributed by atoms with Crippen LogP contribution >= 0.6 is 0 Å². The van der Waals surface area contributed by atoms with E-state index < -0.39 is 17.7 Å². The van der Waals surface area contributed by atoms with Gasteiger partial charge in [-0.25, -0.2) is 9.37 Å². The van der Waals surface area contributed by atoms with Crippen LogP contribution in [-0.4, -0.2) is 52.9 Å². The van der Waals surface area contributed by atoms with Crippen LogP contribution in [0.15, 0.2) is 12.3 Å². The van der Waals surface area contributed by atoms with Gasteiger partial charge in [-0.3, -0.25) is 9.69 Å². The van der Waals surface area contributed by atoms with Gasteiger partial charge in [-0.15, -0.1) is 0 Å². The number of carbonyl (C=O) groups excluding carboxylic acids is 1. The summed E-state index contributed by atoms with van der Waals surface area (Å²) in [6, 6.07) is 1.61. The van der Waals surface area contributed by atoms with Gasteiger partial charge in [-0.05, 0) is 25.5 Å². The highest BCUT2D eigenvalue weighted by Gasteiger charge is 2.33. The highest BCUT2D eigenvalue weighted by atomic mass is 19.2. The van der Waals surface area contributed by atoms with Gasteiger partial charge in [-0.2, -0.15) is 4.39 Å². The molecule has 2 aliphatic rings. The number of amides is 1. The van der Waals surface area contributed by atoms with E-state index in [1.54, 1.807) is 4.90 Å². The van der Waals surface area contributed by atoms with Crippen molar-refractivity contribution in [1.82, 2.24) is 14.8 Å². The van der Waals surface area contributed by atoms with Crippen LogP contribution in [0.5, 0.6) is 0 Å². The molecule has 2 saturated heterocycles. The molecule has 0 saturated carbocycles. The van der Waals surface area contributed by atoms with Crippen LogP contribution in [0.1, 0.15) is 23.2 Å². The van der Waals surface area contributed by atoms with Gasteiger partial charge in [0.05, 0.1) is 5.56 Å². The minimum Gasteiger partial charge on any atom is -0.336 e. The Balaban J connectivity index is 1.79. The van der Waals surface area contributed by atoms with Gasteiger partial charge >= 0.3 is 0 Å². The molecule has 6 heteroatoms. The number of hydrogen-bond donors (Lipinski definition) is 0. The lowest BCUT2D eigenvalue weighted by atomic mass is 10.1. The maximum Gasteiger partial charge on any atom is 0.257 e. The Hall–Kier alpha value is -1.56. The van der Waals surface area contributed by atoms with E-state index in [9.17, 15) is 13.6 Å². The van der Waals surface area contributed by atoms with Crippen molar-refractivity contribution in [3.05, 3.63) is 29.6 Å². The van der Waals surface area contributed by atoms with Crippen molar-refractivity contribution in [3.8, 4) is 0 Å². The van der Waals surface area contributed by atoms with Crippen molar-refractivity contribution in [2.75, 3.05) is 26.2 Å². The van der Waals surface area contributed by atoms with Crippen molar-refractivity contribution in [3.63, 3.8) is 0 Å². The molecule has 3 rings (SSSR count). The fourth-order valence-electron chi connectivity index (χ4n) is 2.93. The Bertz CT molecular complexity index is 509. The third-order valence-corrected chi connectivity index (χ3v) is 3.95. The number of pyridine rings is 1. The zero-order chi connectivity index (χ0) is 13.4. The number of hydrogen-bond acceptors (Lipinski definition) is 3. The van der Waals surface area contributed by atoms with Crippen LogP contribution in [0, 0.1) is 11.8 Å².